The Kier molecular flexibility index (Phi) is 5.97. The minimum absolute atomic E-state index is 0.0754. The number of halogens is 1. The summed E-state index contributed by atoms with van der Waals surface area (Å²) in [7, 11) is 0. The first-order chi connectivity index (χ1) is 13.3. The quantitative estimate of drug-likeness (QED) is 0.741. The van der Waals surface area contributed by atoms with Crippen molar-refractivity contribution in [2.75, 3.05) is 31.1 Å². The molecule has 0 radical (unpaired) electrons. The highest BCUT2D eigenvalue weighted by molar-refractivity contribution is 5.94. The predicted molar refractivity (Wildman–Crippen MR) is 106 cm³/mol. The van der Waals surface area contributed by atoms with E-state index in [9.17, 15) is 14.0 Å². The minimum Gasteiger partial charge on any atom is -0.481 e. The molecule has 148 valence electrons. The number of benzene rings is 2. The summed E-state index contributed by atoms with van der Waals surface area (Å²) < 4.78 is 20.1. The fourth-order valence-corrected chi connectivity index (χ4v) is 3.35. The molecule has 1 aliphatic heterocycles. The molecule has 1 saturated heterocycles. The number of rotatable bonds is 5. The van der Waals surface area contributed by atoms with Crippen LogP contribution in [0.1, 0.15) is 29.8 Å². The summed E-state index contributed by atoms with van der Waals surface area (Å²) in [6, 6.07) is 12.1. The first kappa shape index (κ1) is 19.9. The fourth-order valence-electron chi connectivity index (χ4n) is 3.35. The average molecular weight is 384 g/mol. The predicted octanol–water partition coefficient (Wildman–Crippen LogP) is 3.45. The Balaban J connectivity index is 1.58. The molecule has 0 saturated carbocycles. The Morgan fingerprint density at radius 2 is 1.79 bits per heavy atom. The molecule has 1 heterocycles. The van der Waals surface area contributed by atoms with Crippen LogP contribution in [-0.2, 0) is 4.79 Å². The number of carbonyl (C=O) groups excluding carboxylic acids is 2. The SMILES string of the molecule is CC(=O)c1ccc(N2CCN(C(=O)C(C)Oc3cccc(C)c3)CC2)c(F)c1. The number of anilines is 1. The van der Waals surface area contributed by atoms with Gasteiger partial charge in [-0.1, -0.05) is 12.1 Å². The monoisotopic (exact) mass is 384 g/mol. The molecule has 5 nitrogen and oxygen atoms in total. The summed E-state index contributed by atoms with van der Waals surface area (Å²) in [5, 5.41) is 0. The van der Waals surface area contributed by atoms with Crippen molar-refractivity contribution in [3.8, 4) is 5.75 Å². The molecule has 2 aromatic carbocycles. The Morgan fingerprint density at radius 1 is 1.07 bits per heavy atom. The maximum Gasteiger partial charge on any atom is 0.263 e. The third-order valence-electron chi connectivity index (χ3n) is 4.94. The molecule has 3 rings (SSSR count). The number of amides is 1. The van der Waals surface area contributed by atoms with E-state index in [1.807, 2.05) is 36.1 Å². The van der Waals surface area contributed by atoms with Crippen LogP contribution in [0.3, 0.4) is 0 Å². The van der Waals surface area contributed by atoms with Crippen molar-refractivity contribution in [1.29, 1.82) is 0 Å². The van der Waals surface area contributed by atoms with Gasteiger partial charge in [0.1, 0.15) is 11.6 Å². The van der Waals surface area contributed by atoms with E-state index in [1.165, 1.54) is 13.0 Å². The smallest absolute Gasteiger partial charge is 0.263 e. The summed E-state index contributed by atoms with van der Waals surface area (Å²) in [6.07, 6.45) is -0.583. The zero-order valence-electron chi connectivity index (χ0n) is 16.4. The lowest BCUT2D eigenvalue weighted by atomic mass is 10.1. The van der Waals surface area contributed by atoms with Gasteiger partial charge >= 0.3 is 0 Å². The van der Waals surface area contributed by atoms with E-state index in [0.29, 0.717) is 43.2 Å². The van der Waals surface area contributed by atoms with E-state index < -0.39 is 11.9 Å². The van der Waals surface area contributed by atoms with Gasteiger partial charge in [0.15, 0.2) is 11.9 Å². The molecule has 0 aromatic heterocycles. The van der Waals surface area contributed by atoms with E-state index in [1.54, 1.807) is 24.0 Å². The van der Waals surface area contributed by atoms with Crippen molar-refractivity contribution in [2.45, 2.75) is 26.9 Å². The van der Waals surface area contributed by atoms with Gasteiger partial charge in [0.25, 0.3) is 5.91 Å². The zero-order valence-corrected chi connectivity index (χ0v) is 16.4. The molecule has 1 unspecified atom stereocenters. The number of piperazine rings is 1. The number of ketones is 1. The molecule has 1 aliphatic rings. The zero-order chi connectivity index (χ0) is 20.3. The first-order valence-electron chi connectivity index (χ1n) is 9.42. The molecule has 0 bridgehead atoms. The van der Waals surface area contributed by atoms with E-state index in [2.05, 4.69) is 0 Å². The Bertz CT molecular complexity index is 876. The van der Waals surface area contributed by atoms with Crippen molar-refractivity contribution in [1.82, 2.24) is 4.90 Å². The molecule has 0 N–H and O–H groups in total. The number of aryl methyl sites for hydroxylation is 1. The van der Waals surface area contributed by atoms with Crippen LogP contribution in [0.5, 0.6) is 5.75 Å². The number of hydrogen-bond donors (Lipinski definition) is 0. The van der Waals surface area contributed by atoms with E-state index in [4.69, 9.17) is 4.74 Å². The number of hydrogen-bond acceptors (Lipinski definition) is 4. The highest BCUT2D eigenvalue weighted by atomic mass is 19.1. The highest BCUT2D eigenvalue weighted by Crippen LogP contribution is 2.23. The topological polar surface area (TPSA) is 49.9 Å². The standard InChI is InChI=1S/C22H25FN2O3/c1-15-5-4-6-19(13-15)28-17(3)22(27)25-11-9-24(10-12-25)21-8-7-18(16(2)26)14-20(21)23/h4-8,13-14,17H,9-12H2,1-3H3. The molecule has 1 atom stereocenters. The summed E-state index contributed by atoms with van der Waals surface area (Å²) in [5.41, 5.74) is 1.89. The number of nitrogens with zero attached hydrogens (tertiary/aromatic N) is 2. The van der Waals surface area contributed by atoms with Gasteiger partial charge in [0.2, 0.25) is 0 Å². The van der Waals surface area contributed by atoms with Gasteiger partial charge < -0.3 is 14.5 Å². The van der Waals surface area contributed by atoms with Gasteiger partial charge in [0.05, 0.1) is 5.69 Å². The third kappa shape index (κ3) is 4.50. The van der Waals surface area contributed by atoms with Gasteiger partial charge in [-0.25, -0.2) is 4.39 Å². The van der Waals surface area contributed by atoms with Crippen LogP contribution in [0.25, 0.3) is 0 Å². The highest BCUT2D eigenvalue weighted by Gasteiger charge is 2.27. The van der Waals surface area contributed by atoms with Gasteiger partial charge in [-0.3, -0.25) is 9.59 Å². The molecular weight excluding hydrogens is 359 g/mol. The van der Waals surface area contributed by atoms with Crippen molar-refractivity contribution < 1.29 is 18.7 Å². The maximum atomic E-state index is 14.4. The number of ether oxygens (including phenoxy) is 1. The molecular formula is C22H25FN2O3. The fraction of sp³-hybridized carbons (Fsp3) is 0.364. The van der Waals surface area contributed by atoms with E-state index in [0.717, 1.165) is 5.56 Å². The maximum absolute atomic E-state index is 14.4. The number of Topliss-reactive ketones (excluding diaryl/α,β-unsaturated/α-hetero) is 1. The Hall–Kier alpha value is -2.89. The second-order valence-electron chi connectivity index (χ2n) is 7.11. The van der Waals surface area contributed by atoms with Gasteiger partial charge in [-0.2, -0.15) is 0 Å². The molecule has 0 aliphatic carbocycles. The van der Waals surface area contributed by atoms with Crippen molar-refractivity contribution in [3.63, 3.8) is 0 Å². The molecule has 6 heteroatoms. The van der Waals surface area contributed by atoms with Crippen LogP contribution in [0, 0.1) is 12.7 Å². The second kappa shape index (κ2) is 8.42. The van der Waals surface area contributed by atoms with Crippen LogP contribution < -0.4 is 9.64 Å². The van der Waals surface area contributed by atoms with Crippen molar-refractivity contribution in [2.24, 2.45) is 0 Å². The van der Waals surface area contributed by atoms with E-state index >= 15 is 0 Å². The first-order valence-corrected chi connectivity index (χ1v) is 9.42. The van der Waals surface area contributed by atoms with Crippen LogP contribution in [0.4, 0.5) is 10.1 Å². The van der Waals surface area contributed by atoms with Gasteiger partial charge in [0, 0.05) is 31.7 Å². The normalized spacial score (nSPS) is 15.3. The second-order valence-corrected chi connectivity index (χ2v) is 7.11. The van der Waals surface area contributed by atoms with Crippen LogP contribution >= 0.6 is 0 Å². The molecule has 2 aromatic rings. The molecule has 0 spiro atoms. The van der Waals surface area contributed by atoms with Crippen molar-refractivity contribution in [3.05, 3.63) is 59.4 Å². The lowest BCUT2D eigenvalue weighted by Crippen LogP contribution is -2.52. The lowest BCUT2D eigenvalue weighted by Gasteiger charge is -2.37. The van der Waals surface area contributed by atoms with Crippen LogP contribution in [0.2, 0.25) is 0 Å². The Labute approximate surface area is 164 Å². The van der Waals surface area contributed by atoms with Gasteiger partial charge in [-0.15, -0.1) is 0 Å². The molecule has 1 amide bonds. The summed E-state index contributed by atoms with van der Waals surface area (Å²) in [4.78, 5) is 27.7. The van der Waals surface area contributed by atoms with Crippen molar-refractivity contribution >= 4 is 17.4 Å². The van der Waals surface area contributed by atoms with Crippen LogP contribution in [-0.4, -0.2) is 48.9 Å². The Morgan fingerprint density at radius 3 is 2.39 bits per heavy atom. The average Bonchev–Trinajstić information content (AvgIpc) is 2.67. The van der Waals surface area contributed by atoms with Gasteiger partial charge in [-0.05, 0) is 56.7 Å². The summed E-state index contributed by atoms with van der Waals surface area (Å²) in [5.74, 6) is 0.0211. The minimum atomic E-state index is -0.583. The molecule has 1 fully saturated rings. The van der Waals surface area contributed by atoms with E-state index in [-0.39, 0.29) is 11.7 Å². The summed E-state index contributed by atoms with van der Waals surface area (Å²) in [6.45, 7) is 7.18. The summed E-state index contributed by atoms with van der Waals surface area (Å²) >= 11 is 0. The van der Waals surface area contributed by atoms with Crippen LogP contribution in [0.15, 0.2) is 42.5 Å². The largest absolute Gasteiger partial charge is 0.481 e. The molecule has 28 heavy (non-hydrogen) atoms. The number of carbonyl (C=O) groups is 2. The third-order valence-corrected chi connectivity index (χ3v) is 4.94. The lowest BCUT2D eigenvalue weighted by molar-refractivity contribution is -0.138.